The topological polar surface area (TPSA) is 3.24 Å². The quantitative estimate of drug-likeness (QED) is 0.582. The molecule has 3 heteroatoms. The Bertz CT molecular complexity index is 93.1. The zero-order valence-corrected chi connectivity index (χ0v) is 7.81. The monoisotopic (exact) mass is 163 g/mol. The van der Waals surface area contributed by atoms with Crippen LogP contribution in [0, 0.1) is 0 Å². The van der Waals surface area contributed by atoms with Gasteiger partial charge in [-0.05, 0) is 13.2 Å². The van der Waals surface area contributed by atoms with Crippen LogP contribution in [0.25, 0.3) is 0 Å². The molecule has 0 atom stereocenters. The van der Waals surface area contributed by atoms with Gasteiger partial charge in [0.15, 0.2) is 0 Å². The Morgan fingerprint density at radius 2 is 2.22 bits per heavy atom. The van der Waals surface area contributed by atoms with Gasteiger partial charge < -0.3 is 4.90 Å². The summed E-state index contributed by atoms with van der Waals surface area (Å²) >= 11 is 6.79. The summed E-state index contributed by atoms with van der Waals surface area (Å²) in [5, 5.41) is 0. The highest BCUT2D eigenvalue weighted by Crippen LogP contribution is 1.93. The van der Waals surface area contributed by atoms with Crippen LogP contribution in [0.5, 0.6) is 0 Å². The van der Waals surface area contributed by atoms with Crippen LogP contribution in [-0.2, 0) is 0 Å². The van der Waals surface area contributed by atoms with Crippen molar-refractivity contribution in [3.05, 3.63) is 0 Å². The van der Waals surface area contributed by atoms with Gasteiger partial charge in [0, 0.05) is 19.3 Å². The van der Waals surface area contributed by atoms with Crippen molar-refractivity contribution in [1.29, 1.82) is 0 Å². The first-order chi connectivity index (χ1) is 4.18. The maximum atomic E-state index is 4.95. The second kappa shape index (κ2) is 5.06. The first-order valence-electron chi connectivity index (χ1n) is 2.89. The molecular weight excluding hydrogens is 150 g/mol. The second-order valence-electron chi connectivity index (χ2n) is 1.93. The Kier molecular flexibility index (Phi) is 5.19. The number of thioether (sulfide) groups is 1. The third-order valence-corrected chi connectivity index (χ3v) is 2.07. The van der Waals surface area contributed by atoms with E-state index in [1.807, 2.05) is 25.7 Å². The van der Waals surface area contributed by atoms with E-state index in [1.54, 1.807) is 0 Å². The van der Waals surface area contributed by atoms with Gasteiger partial charge in [0.1, 0.15) is 0 Å². The van der Waals surface area contributed by atoms with E-state index in [0.29, 0.717) is 0 Å². The molecule has 0 aromatic heterocycles. The fourth-order valence-electron chi connectivity index (χ4n) is 0.386. The fraction of sp³-hybridized carbons (Fsp3) is 0.833. The Hall–Kier alpha value is 0.240. The Morgan fingerprint density at radius 3 is 2.56 bits per heavy atom. The number of nitrogens with zero attached hydrogens (tertiary/aromatic N) is 1. The van der Waals surface area contributed by atoms with E-state index in [4.69, 9.17) is 12.2 Å². The van der Waals surface area contributed by atoms with Gasteiger partial charge in [-0.25, -0.2) is 0 Å². The number of thiocarbonyl (C=S) groups is 1. The van der Waals surface area contributed by atoms with Gasteiger partial charge in [-0.3, -0.25) is 0 Å². The first-order valence-corrected chi connectivity index (χ1v) is 4.69. The van der Waals surface area contributed by atoms with Gasteiger partial charge in [0.05, 0.1) is 4.99 Å². The normalized spacial score (nSPS) is 9.22. The van der Waals surface area contributed by atoms with E-state index in [2.05, 4.69) is 11.2 Å². The lowest BCUT2D eigenvalue weighted by Gasteiger charge is -2.15. The third-order valence-electron chi connectivity index (χ3n) is 1.17. The molecule has 0 rings (SSSR count). The van der Waals surface area contributed by atoms with Gasteiger partial charge in [0.2, 0.25) is 0 Å². The zero-order valence-electron chi connectivity index (χ0n) is 6.18. The van der Waals surface area contributed by atoms with Crippen LogP contribution in [0.3, 0.4) is 0 Å². The molecule has 0 aliphatic heterocycles. The molecule has 0 saturated carbocycles. The molecule has 0 fully saturated rings. The van der Waals surface area contributed by atoms with Crippen molar-refractivity contribution in [2.24, 2.45) is 0 Å². The molecule has 9 heavy (non-hydrogen) atoms. The van der Waals surface area contributed by atoms with E-state index >= 15 is 0 Å². The van der Waals surface area contributed by atoms with E-state index in [1.165, 1.54) is 0 Å². The van der Waals surface area contributed by atoms with Crippen molar-refractivity contribution in [3.8, 4) is 0 Å². The Morgan fingerprint density at radius 1 is 1.67 bits per heavy atom. The van der Waals surface area contributed by atoms with Crippen molar-refractivity contribution in [2.75, 3.05) is 25.6 Å². The number of hydrogen-bond acceptors (Lipinski definition) is 2. The van der Waals surface area contributed by atoms with Gasteiger partial charge in [-0.2, -0.15) is 11.8 Å². The van der Waals surface area contributed by atoms with E-state index < -0.39 is 0 Å². The highest BCUT2D eigenvalue weighted by molar-refractivity contribution is 7.98. The van der Waals surface area contributed by atoms with Gasteiger partial charge in [-0.1, -0.05) is 12.2 Å². The molecule has 54 valence electrons. The molecule has 0 aromatic carbocycles. The van der Waals surface area contributed by atoms with E-state index in [9.17, 15) is 0 Å². The maximum absolute atomic E-state index is 4.95. The molecule has 0 radical (unpaired) electrons. The maximum Gasteiger partial charge on any atom is 0.0745 e. The Balaban J connectivity index is 3.27. The molecule has 0 bridgehead atoms. The lowest BCUT2D eigenvalue weighted by Crippen LogP contribution is -2.24. The van der Waals surface area contributed by atoms with Gasteiger partial charge in [-0.15, -0.1) is 0 Å². The lowest BCUT2D eigenvalue weighted by atomic mass is 10.6. The predicted octanol–water partition coefficient (Wildman–Crippen LogP) is 1.63. The molecule has 0 aliphatic rings. The van der Waals surface area contributed by atoms with Crippen molar-refractivity contribution in [3.63, 3.8) is 0 Å². The smallest absolute Gasteiger partial charge is 0.0745 e. The van der Waals surface area contributed by atoms with Crippen LogP contribution in [-0.4, -0.2) is 35.5 Å². The molecule has 0 N–H and O–H groups in total. The summed E-state index contributed by atoms with van der Waals surface area (Å²) in [5.74, 6) is 1.16. The molecule has 0 aliphatic carbocycles. The van der Waals surface area contributed by atoms with Crippen LogP contribution in [0.4, 0.5) is 0 Å². The minimum atomic E-state index is 0.976. The van der Waals surface area contributed by atoms with Crippen LogP contribution in [0.2, 0.25) is 0 Å². The number of rotatable bonds is 3. The molecule has 0 aromatic rings. The summed E-state index contributed by atoms with van der Waals surface area (Å²) < 4.78 is 0. The summed E-state index contributed by atoms with van der Waals surface area (Å²) in [6.07, 6.45) is 2.10. The molecule has 0 unspecified atom stereocenters. The van der Waals surface area contributed by atoms with Crippen LogP contribution in [0.15, 0.2) is 0 Å². The molecule has 0 heterocycles. The second-order valence-corrected chi connectivity index (χ2v) is 3.51. The SMILES string of the molecule is CSCCN(C)C(C)=S. The molecule has 0 saturated heterocycles. The van der Waals surface area contributed by atoms with Crippen molar-refractivity contribution in [2.45, 2.75) is 6.92 Å². The summed E-state index contributed by atoms with van der Waals surface area (Å²) in [7, 11) is 2.03. The lowest BCUT2D eigenvalue weighted by molar-refractivity contribution is 0.547. The predicted molar refractivity (Wildman–Crippen MR) is 49.3 cm³/mol. The zero-order chi connectivity index (χ0) is 7.28. The summed E-state index contributed by atoms with van der Waals surface area (Å²) in [6.45, 7) is 3.02. The summed E-state index contributed by atoms with van der Waals surface area (Å²) in [5.41, 5.74) is 0. The largest absolute Gasteiger partial charge is 0.369 e. The molecule has 0 spiro atoms. The fourth-order valence-corrected chi connectivity index (χ4v) is 0.933. The molecular formula is C6H13NS2. The van der Waals surface area contributed by atoms with Gasteiger partial charge >= 0.3 is 0 Å². The Labute approximate surface area is 66.8 Å². The molecule has 1 nitrogen and oxygen atoms in total. The highest BCUT2D eigenvalue weighted by atomic mass is 32.2. The average molecular weight is 163 g/mol. The highest BCUT2D eigenvalue weighted by Gasteiger charge is 1.94. The average Bonchev–Trinajstić information content (AvgIpc) is 1.82. The summed E-state index contributed by atoms with van der Waals surface area (Å²) in [6, 6.07) is 0. The van der Waals surface area contributed by atoms with E-state index in [0.717, 1.165) is 17.3 Å². The first kappa shape index (κ1) is 9.24. The van der Waals surface area contributed by atoms with Crippen LogP contribution < -0.4 is 0 Å². The molecule has 0 amide bonds. The third kappa shape index (κ3) is 4.73. The minimum absolute atomic E-state index is 0.976. The van der Waals surface area contributed by atoms with Crippen LogP contribution in [0.1, 0.15) is 6.92 Å². The van der Waals surface area contributed by atoms with Crippen molar-refractivity contribution >= 4 is 29.0 Å². The van der Waals surface area contributed by atoms with Crippen molar-refractivity contribution < 1.29 is 0 Å². The minimum Gasteiger partial charge on any atom is -0.369 e. The van der Waals surface area contributed by atoms with Crippen LogP contribution >= 0.6 is 24.0 Å². The summed E-state index contributed by atoms with van der Waals surface area (Å²) in [4.78, 5) is 3.07. The standard InChI is InChI=1S/C6H13NS2/c1-6(8)7(2)4-5-9-3/h4-5H2,1-3H3. The van der Waals surface area contributed by atoms with Crippen molar-refractivity contribution in [1.82, 2.24) is 4.90 Å². The van der Waals surface area contributed by atoms with E-state index in [-0.39, 0.29) is 0 Å². The number of hydrogen-bond donors (Lipinski definition) is 0. The van der Waals surface area contributed by atoms with Gasteiger partial charge in [0.25, 0.3) is 0 Å².